The predicted octanol–water partition coefficient (Wildman–Crippen LogP) is 3.95. The molecule has 0 heterocycles. The molecule has 0 saturated heterocycles. The number of benzene rings is 1. The number of rotatable bonds is 8. The Bertz CT molecular complexity index is 378. The normalized spacial score (nSPS) is 12.7. The molecule has 19 heavy (non-hydrogen) atoms. The predicted molar refractivity (Wildman–Crippen MR) is 88.7 cm³/mol. The van der Waals surface area contributed by atoms with Gasteiger partial charge in [-0.05, 0) is 57.6 Å². The molecule has 1 rings (SSSR count). The van der Waals surface area contributed by atoms with Crippen LogP contribution in [0.25, 0.3) is 0 Å². The second-order valence-corrected chi connectivity index (χ2v) is 5.86. The molecule has 0 spiro atoms. The molecule has 108 valence electrons. The van der Waals surface area contributed by atoms with Crippen LogP contribution < -0.4 is 11.1 Å². The molecule has 3 N–H and O–H groups in total. The van der Waals surface area contributed by atoms with Crippen molar-refractivity contribution >= 4 is 27.3 Å². The van der Waals surface area contributed by atoms with E-state index >= 15 is 0 Å². The van der Waals surface area contributed by atoms with Gasteiger partial charge in [-0.1, -0.05) is 29.8 Å². The Kier molecular flexibility index (Phi) is 7.24. The van der Waals surface area contributed by atoms with E-state index in [1.54, 1.807) is 0 Å². The number of anilines is 2. The number of nitrogens with one attached hydrogen (secondary N) is 1. The van der Waals surface area contributed by atoms with Crippen molar-refractivity contribution in [3.63, 3.8) is 0 Å². The molecule has 3 nitrogen and oxygen atoms in total. The molecule has 4 heteroatoms. The van der Waals surface area contributed by atoms with Gasteiger partial charge in [-0.25, -0.2) is 0 Å². The van der Waals surface area contributed by atoms with Crippen molar-refractivity contribution in [2.24, 2.45) is 0 Å². The molecule has 0 aliphatic heterocycles. The number of nitrogens with zero attached hydrogens (tertiary/aromatic N) is 1. The van der Waals surface area contributed by atoms with Gasteiger partial charge in [0.25, 0.3) is 0 Å². The maximum absolute atomic E-state index is 5.99. The van der Waals surface area contributed by atoms with Crippen LogP contribution in [0.3, 0.4) is 0 Å². The van der Waals surface area contributed by atoms with Crippen LogP contribution in [0, 0.1) is 0 Å². The summed E-state index contributed by atoms with van der Waals surface area (Å²) in [5.41, 5.74) is 7.81. The summed E-state index contributed by atoms with van der Waals surface area (Å²) >= 11 is 3.42. The minimum Gasteiger partial charge on any atom is -0.397 e. The van der Waals surface area contributed by atoms with Crippen LogP contribution in [0.5, 0.6) is 0 Å². The second kappa shape index (κ2) is 8.43. The first-order valence-corrected chi connectivity index (χ1v) is 7.90. The summed E-state index contributed by atoms with van der Waals surface area (Å²) in [7, 11) is 0. The van der Waals surface area contributed by atoms with Crippen molar-refractivity contribution in [3.05, 3.63) is 22.7 Å². The summed E-state index contributed by atoms with van der Waals surface area (Å²) in [6.07, 6.45) is 2.37. The van der Waals surface area contributed by atoms with Crippen molar-refractivity contribution in [2.45, 2.75) is 39.7 Å². The third-order valence-electron chi connectivity index (χ3n) is 3.42. The molecule has 0 saturated carbocycles. The van der Waals surface area contributed by atoms with Gasteiger partial charge in [0.1, 0.15) is 0 Å². The minimum absolute atomic E-state index is 0.444. The third-order valence-corrected chi connectivity index (χ3v) is 3.91. The van der Waals surface area contributed by atoms with Crippen LogP contribution in [0.2, 0.25) is 0 Å². The highest BCUT2D eigenvalue weighted by Gasteiger charge is 2.06. The summed E-state index contributed by atoms with van der Waals surface area (Å²) in [6.45, 7) is 10.1. The SMILES string of the molecule is CCN(CC)CCCC(C)Nc1ccc(Br)cc1N. The molecular formula is C15H26BrN3. The summed E-state index contributed by atoms with van der Waals surface area (Å²) in [5.74, 6) is 0. The molecule has 0 bridgehead atoms. The van der Waals surface area contributed by atoms with Crippen LogP contribution >= 0.6 is 15.9 Å². The van der Waals surface area contributed by atoms with E-state index in [2.05, 4.69) is 46.9 Å². The average molecular weight is 328 g/mol. The molecule has 1 aromatic carbocycles. The number of halogens is 1. The van der Waals surface area contributed by atoms with E-state index in [0.29, 0.717) is 6.04 Å². The maximum Gasteiger partial charge on any atom is 0.0576 e. The maximum atomic E-state index is 5.99. The molecule has 0 aliphatic rings. The zero-order valence-electron chi connectivity index (χ0n) is 12.2. The standard InChI is InChI=1S/C15H26BrN3/c1-4-19(5-2)10-6-7-12(3)18-15-9-8-13(16)11-14(15)17/h8-9,11-12,18H,4-7,10,17H2,1-3H3. The molecule has 0 radical (unpaired) electrons. The smallest absolute Gasteiger partial charge is 0.0576 e. The first-order valence-electron chi connectivity index (χ1n) is 7.10. The highest BCUT2D eigenvalue weighted by atomic mass is 79.9. The monoisotopic (exact) mass is 327 g/mol. The molecule has 0 fully saturated rings. The summed E-state index contributed by atoms with van der Waals surface area (Å²) in [5, 5.41) is 3.48. The van der Waals surface area contributed by atoms with Crippen molar-refractivity contribution in [1.29, 1.82) is 0 Å². The summed E-state index contributed by atoms with van der Waals surface area (Å²) in [4.78, 5) is 2.46. The Labute approximate surface area is 125 Å². The third kappa shape index (κ3) is 5.83. The quantitative estimate of drug-likeness (QED) is 0.710. The fourth-order valence-electron chi connectivity index (χ4n) is 2.16. The summed E-state index contributed by atoms with van der Waals surface area (Å²) in [6, 6.07) is 6.42. The topological polar surface area (TPSA) is 41.3 Å². The first-order chi connectivity index (χ1) is 9.06. The Morgan fingerprint density at radius 3 is 2.58 bits per heavy atom. The fourth-order valence-corrected chi connectivity index (χ4v) is 2.54. The molecule has 1 aromatic rings. The van der Waals surface area contributed by atoms with E-state index in [1.165, 1.54) is 13.0 Å². The van der Waals surface area contributed by atoms with Gasteiger partial charge in [0.05, 0.1) is 11.4 Å². The lowest BCUT2D eigenvalue weighted by atomic mass is 10.1. The Morgan fingerprint density at radius 1 is 1.32 bits per heavy atom. The van der Waals surface area contributed by atoms with Gasteiger partial charge in [0.2, 0.25) is 0 Å². The minimum atomic E-state index is 0.444. The van der Waals surface area contributed by atoms with Gasteiger partial charge in [-0.3, -0.25) is 0 Å². The van der Waals surface area contributed by atoms with Crippen molar-refractivity contribution in [3.8, 4) is 0 Å². The Morgan fingerprint density at radius 2 is 2.00 bits per heavy atom. The molecule has 0 aromatic heterocycles. The van der Waals surface area contributed by atoms with E-state index < -0.39 is 0 Å². The number of hydrogen-bond donors (Lipinski definition) is 2. The second-order valence-electron chi connectivity index (χ2n) is 4.95. The van der Waals surface area contributed by atoms with Crippen LogP contribution in [-0.2, 0) is 0 Å². The summed E-state index contributed by atoms with van der Waals surface area (Å²) < 4.78 is 1.02. The van der Waals surface area contributed by atoms with Gasteiger partial charge in [0, 0.05) is 10.5 Å². The van der Waals surface area contributed by atoms with E-state index in [0.717, 1.165) is 35.4 Å². The van der Waals surface area contributed by atoms with E-state index in [1.807, 2.05) is 18.2 Å². The lowest BCUT2D eigenvalue weighted by molar-refractivity contribution is 0.295. The van der Waals surface area contributed by atoms with E-state index in [9.17, 15) is 0 Å². The van der Waals surface area contributed by atoms with Crippen LogP contribution in [-0.4, -0.2) is 30.6 Å². The van der Waals surface area contributed by atoms with Gasteiger partial charge in [-0.2, -0.15) is 0 Å². The lowest BCUT2D eigenvalue weighted by Gasteiger charge is -2.20. The fraction of sp³-hybridized carbons (Fsp3) is 0.600. The van der Waals surface area contributed by atoms with Crippen molar-refractivity contribution in [1.82, 2.24) is 4.90 Å². The van der Waals surface area contributed by atoms with Gasteiger partial charge < -0.3 is 16.0 Å². The van der Waals surface area contributed by atoms with Gasteiger partial charge in [-0.15, -0.1) is 0 Å². The Balaban J connectivity index is 2.36. The Hall–Kier alpha value is -0.740. The van der Waals surface area contributed by atoms with Crippen LogP contribution in [0.15, 0.2) is 22.7 Å². The number of hydrogen-bond acceptors (Lipinski definition) is 3. The molecule has 1 atom stereocenters. The molecular weight excluding hydrogens is 302 g/mol. The number of nitrogens with two attached hydrogens (primary N) is 1. The van der Waals surface area contributed by atoms with E-state index in [4.69, 9.17) is 5.73 Å². The highest BCUT2D eigenvalue weighted by Crippen LogP contribution is 2.24. The zero-order valence-corrected chi connectivity index (χ0v) is 13.8. The van der Waals surface area contributed by atoms with Crippen LogP contribution in [0.1, 0.15) is 33.6 Å². The molecule has 0 amide bonds. The highest BCUT2D eigenvalue weighted by molar-refractivity contribution is 9.10. The number of nitrogen functional groups attached to an aromatic ring is 1. The van der Waals surface area contributed by atoms with Gasteiger partial charge in [0.15, 0.2) is 0 Å². The lowest BCUT2D eigenvalue weighted by Crippen LogP contribution is -2.25. The van der Waals surface area contributed by atoms with Crippen molar-refractivity contribution in [2.75, 3.05) is 30.7 Å². The van der Waals surface area contributed by atoms with Crippen LogP contribution in [0.4, 0.5) is 11.4 Å². The molecule has 0 aliphatic carbocycles. The molecule has 1 unspecified atom stereocenters. The van der Waals surface area contributed by atoms with Crippen molar-refractivity contribution < 1.29 is 0 Å². The van der Waals surface area contributed by atoms with E-state index in [-0.39, 0.29) is 0 Å². The largest absolute Gasteiger partial charge is 0.397 e. The zero-order chi connectivity index (χ0) is 14.3. The van der Waals surface area contributed by atoms with Gasteiger partial charge >= 0.3 is 0 Å². The first kappa shape index (κ1) is 16.3. The average Bonchev–Trinajstić information content (AvgIpc) is 2.38.